The van der Waals surface area contributed by atoms with Gasteiger partial charge in [0.15, 0.2) is 5.70 Å². The molecule has 4 nitrogen and oxygen atoms in total. The molecular weight excluding hydrogens is 168 g/mol. The molecule has 2 rings (SSSR count). The van der Waals surface area contributed by atoms with Crippen LogP contribution in [0.5, 0.6) is 0 Å². The molecule has 0 radical (unpaired) electrons. The number of carbonyl (C=O) groups is 1. The minimum Gasteiger partial charge on any atom is -0.464 e. The van der Waals surface area contributed by atoms with E-state index in [0.717, 1.165) is 11.3 Å². The Morgan fingerprint density at radius 3 is 3.15 bits per heavy atom. The standard InChI is InChI=1S/C9H8N2O2/c1-13-9(12)8-6-4-2-3-5-7(6)10-11-8/h2-3,5H,4H2,1H3. The molecule has 0 bridgehead atoms. The van der Waals surface area contributed by atoms with Gasteiger partial charge in [0.25, 0.3) is 0 Å². The van der Waals surface area contributed by atoms with Crippen molar-refractivity contribution in [2.45, 2.75) is 6.42 Å². The van der Waals surface area contributed by atoms with E-state index in [9.17, 15) is 4.79 Å². The Bertz CT molecular complexity index is 375. The molecule has 0 spiro atoms. The van der Waals surface area contributed by atoms with Gasteiger partial charge in [-0.2, -0.15) is 0 Å². The number of methoxy groups -OCH3 is 1. The molecule has 13 heavy (non-hydrogen) atoms. The van der Waals surface area contributed by atoms with E-state index in [-0.39, 0.29) is 0 Å². The second kappa shape index (κ2) is 2.97. The van der Waals surface area contributed by atoms with E-state index in [4.69, 9.17) is 0 Å². The highest BCUT2D eigenvalue weighted by Crippen LogP contribution is 2.31. The van der Waals surface area contributed by atoms with Crippen LogP contribution in [0.25, 0.3) is 0 Å². The Hall–Kier alpha value is -1.71. The first-order valence-corrected chi connectivity index (χ1v) is 3.93. The summed E-state index contributed by atoms with van der Waals surface area (Å²) in [6, 6.07) is 0. The van der Waals surface area contributed by atoms with Crippen molar-refractivity contribution >= 4 is 5.97 Å². The van der Waals surface area contributed by atoms with Crippen LogP contribution in [0.15, 0.2) is 45.4 Å². The van der Waals surface area contributed by atoms with E-state index in [0.29, 0.717) is 12.1 Å². The van der Waals surface area contributed by atoms with Crippen LogP contribution >= 0.6 is 0 Å². The Labute approximate surface area is 75.3 Å². The van der Waals surface area contributed by atoms with E-state index in [2.05, 4.69) is 15.0 Å². The summed E-state index contributed by atoms with van der Waals surface area (Å²) in [6.45, 7) is 0. The monoisotopic (exact) mass is 176 g/mol. The molecule has 0 atom stereocenters. The van der Waals surface area contributed by atoms with E-state index >= 15 is 0 Å². The zero-order valence-corrected chi connectivity index (χ0v) is 7.15. The van der Waals surface area contributed by atoms with Crippen molar-refractivity contribution in [3.8, 4) is 0 Å². The maximum atomic E-state index is 11.2. The first kappa shape index (κ1) is 7.91. The fourth-order valence-corrected chi connectivity index (χ4v) is 1.29. The van der Waals surface area contributed by atoms with Gasteiger partial charge >= 0.3 is 5.97 Å². The Balaban J connectivity index is 2.40. The van der Waals surface area contributed by atoms with Gasteiger partial charge in [-0.25, -0.2) is 4.79 Å². The van der Waals surface area contributed by atoms with Gasteiger partial charge < -0.3 is 4.74 Å². The van der Waals surface area contributed by atoms with Gasteiger partial charge in [-0.3, -0.25) is 0 Å². The third kappa shape index (κ3) is 1.20. The van der Waals surface area contributed by atoms with Crippen molar-refractivity contribution < 1.29 is 9.53 Å². The number of fused-ring (bicyclic) bond motifs is 1. The third-order valence-electron chi connectivity index (χ3n) is 1.94. The SMILES string of the molecule is COC(=O)C1=C2CC=CC=C2N=N1. The van der Waals surface area contributed by atoms with Crippen molar-refractivity contribution in [3.05, 3.63) is 35.2 Å². The summed E-state index contributed by atoms with van der Waals surface area (Å²) in [5.74, 6) is -0.419. The van der Waals surface area contributed by atoms with E-state index in [1.807, 2.05) is 18.2 Å². The van der Waals surface area contributed by atoms with Gasteiger partial charge in [-0.1, -0.05) is 12.2 Å². The molecular formula is C9H8N2O2. The lowest BCUT2D eigenvalue weighted by Gasteiger charge is -2.03. The molecule has 0 unspecified atom stereocenters. The van der Waals surface area contributed by atoms with Crippen LogP contribution in [0.3, 0.4) is 0 Å². The maximum absolute atomic E-state index is 11.2. The molecule has 1 aliphatic heterocycles. The summed E-state index contributed by atoms with van der Waals surface area (Å²) >= 11 is 0. The molecule has 0 amide bonds. The van der Waals surface area contributed by atoms with E-state index in [1.165, 1.54) is 7.11 Å². The largest absolute Gasteiger partial charge is 0.464 e. The molecule has 0 aromatic carbocycles. The second-order valence-corrected chi connectivity index (χ2v) is 2.70. The van der Waals surface area contributed by atoms with Crippen LogP contribution in [0, 0.1) is 0 Å². The summed E-state index contributed by atoms with van der Waals surface area (Å²) in [5, 5.41) is 7.64. The van der Waals surface area contributed by atoms with Crippen molar-refractivity contribution in [1.29, 1.82) is 0 Å². The number of nitrogens with zero attached hydrogens (tertiary/aromatic N) is 2. The molecule has 1 aliphatic carbocycles. The first-order valence-electron chi connectivity index (χ1n) is 3.93. The predicted molar refractivity (Wildman–Crippen MR) is 45.7 cm³/mol. The number of hydrogen-bond donors (Lipinski definition) is 0. The molecule has 0 N–H and O–H groups in total. The smallest absolute Gasteiger partial charge is 0.358 e. The van der Waals surface area contributed by atoms with Crippen molar-refractivity contribution in [3.63, 3.8) is 0 Å². The van der Waals surface area contributed by atoms with Crippen LogP contribution in [0.2, 0.25) is 0 Å². The number of azo groups is 1. The van der Waals surface area contributed by atoms with Gasteiger partial charge in [0, 0.05) is 5.57 Å². The fraction of sp³-hybridized carbons (Fsp3) is 0.222. The second-order valence-electron chi connectivity index (χ2n) is 2.70. The molecule has 66 valence electrons. The Morgan fingerprint density at radius 1 is 1.54 bits per heavy atom. The molecule has 2 aliphatic rings. The summed E-state index contributed by atoms with van der Waals surface area (Å²) in [4.78, 5) is 11.2. The fourth-order valence-electron chi connectivity index (χ4n) is 1.29. The van der Waals surface area contributed by atoms with Crippen molar-refractivity contribution in [1.82, 2.24) is 0 Å². The number of allylic oxidation sites excluding steroid dienone is 4. The molecule has 4 heteroatoms. The van der Waals surface area contributed by atoms with Crippen LogP contribution in [-0.4, -0.2) is 13.1 Å². The topological polar surface area (TPSA) is 51.0 Å². The highest BCUT2D eigenvalue weighted by molar-refractivity contribution is 5.90. The number of ether oxygens (including phenoxy) is 1. The first-order chi connectivity index (χ1) is 6.33. The summed E-state index contributed by atoms with van der Waals surface area (Å²) in [5.41, 5.74) is 1.95. The van der Waals surface area contributed by atoms with Gasteiger partial charge in [-0.15, -0.1) is 10.2 Å². The van der Waals surface area contributed by atoms with Crippen LogP contribution < -0.4 is 0 Å². The molecule has 0 fully saturated rings. The normalized spacial score (nSPS) is 18.7. The van der Waals surface area contributed by atoms with Gasteiger partial charge in [0.1, 0.15) is 0 Å². The Kier molecular flexibility index (Phi) is 1.81. The van der Waals surface area contributed by atoms with Crippen LogP contribution in [0.1, 0.15) is 6.42 Å². The van der Waals surface area contributed by atoms with E-state index in [1.54, 1.807) is 0 Å². The summed E-state index contributed by atoms with van der Waals surface area (Å²) < 4.78 is 4.58. The van der Waals surface area contributed by atoms with Crippen molar-refractivity contribution in [2.24, 2.45) is 10.2 Å². The average molecular weight is 176 g/mol. The van der Waals surface area contributed by atoms with Gasteiger partial charge in [0.2, 0.25) is 0 Å². The zero-order valence-electron chi connectivity index (χ0n) is 7.15. The minimum absolute atomic E-state index is 0.332. The van der Waals surface area contributed by atoms with Gasteiger partial charge in [-0.05, 0) is 12.5 Å². The highest BCUT2D eigenvalue weighted by Gasteiger charge is 2.24. The quantitative estimate of drug-likeness (QED) is 0.571. The zero-order chi connectivity index (χ0) is 9.26. The minimum atomic E-state index is -0.419. The lowest BCUT2D eigenvalue weighted by molar-refractivity contribution is -0.136. The Morgan fingerprint density at radius 2 is 2.38 bits per heavy atom. The van der Waals surface area contributed by atoms with Crippen LogP contribution in [0.4, 0.5) is 0 Å². The third-order valence-corrected chi connectivity index (χ3v) is 1.94. The predicted octanol–water partition coefficient (Wildman–Crippen LogP) is 1.72. The number of hydrogen-bond acceptors (Lipinski definition) is 4. The van der Waals surface area contributed by atoms with E-state index < -0.39 is 5.97 Å². The molecule has 0 aromatic heterocycles. The van der Waals surface area contributed by atoms with Crippen molar-refractivity contribution in [2.75, 3.05) is 7.11 Å². The molecule has 0 saturated carbocycles. The molecule has 0 aromatic rings. The lowest BCUT2D eigenvalue weighted by Crippen LogP contribution is -2.04. The number of rotatable bonds is 1. The van der Waals surface area contributed by atoms with Crippen LogP contribution in [-0.2, 0) is 9.53 Å². The average Bonchev–Trinajstić information content (AvgIpc) is 2.60. The summed E-state index contributed by atoms with van der Waals surface area (Å²) in [7, 11) is 1.34. The molecule has 0 saturated heterocycles. The summed E-state index contributed by atoms with van der Waals surface area (Å²) in [6.07, 6.45) is 6.39. The number of esters is 1. The maximum Gasteiger partial charge on any atom is 0.358 e. The molecule has 1 heterocycles. The van der Waals surface area contributed by atoms with Gasteiger partial charge in [0.05, 0.1) is 12.8 Å². The number of carbonyl (C=O) groups excluding carboxylic acids is 1. The highest BCUT2D eigenvalue weighted by atomic mass is 16.5. The lowest BCUT2D eigenvalue weighted by atomic mass is 10.0.